The molecule has 0 aromatic carbocycles. The maximum absolute atomic E-state index is 2.43. The van der Waals surface area contributed by atoms with E-state index in [-0.39, 0.29) is 0 Å². The van der Waals surface area contributed by atoms with E-state index < -0.39 is 0 Å². The molecule has 0 unspecified atom stereocenters. The van der Waals surface area contributed by atoms with E-state index in [4.69, 9.17) is 0 Å². The fourth-order valence-electron chi connectivity index (χ4n) is 2.87. The van der Waals surface area contributed by atoms with Gasteiger partial charge in [0, 0.05) is 0 Å². The molecule has 0 bridgehead atoms. The van der Waals surface area contributed by atoms with Crippen LogP contribution in [-0.2, 0) is 0 Å². The molecule has 72 valence electrons. The van der Waals surface area contributed by atoms with Crippen molar-refractivity contribution in [2.75, 3.05) is 0 Å². The Morgan fingerprint density at radius 3 is 3.00 bits per heavy atom. The lowest BCUT2D eigenvalue weighted by Crippen LogP contribution is -1.97. The topological polar surface area (TPSA) is 0 Å². The molecule has 0 spiro atoms. The van der Waals surface area contributed by atoms with Gasteiger partial charge in [-0.1, -0.05) is 30.7 Å². The Labute approximate surface area is 85.7 Å². The van der Waals surface area contributed by atoms with Crippen molar-refractivity contribution in [1.82, 2.24) is 0 Å². The molecule has 0 aliphatic heterocycles. The summed E-state index contributed by atoms with van der Waals surface area (Å²) in [6.07, 6.45) is 13.5. The van der Waals surface area contributed by atoms with Gasteiger partial charge in [-0.15, -0.1) is 0 Å². The summed E-state index contributed by atoms with van der Waals surface area (Å²) >= 11 is 0. The second-order valence-corrected chi connectivity index (χ2v) is 4.45. The summed E-state index contributed by atoms with van der Waals surface area (Å²) < 4.78 is 0. The van der Waals surface area contributed by atoms with Crippen LogP contribution in [0, 0.1) is 0 Å². The van der Waals surface area contributed by atoms with Crippen LogP contribution in [0.15, 0.2) is 46.1 Å². The molecule has 0 aromatic heterocycles. The molecule has 3 aliphatic carbocycles. The lowest BCUT2D eigenvalue weighted by molar-refractivity contribution is 0.884. The van der Waals surface area contributed by atoms with Crippen molar-refractivity contribution in [2.24, 2.45) is 0 Å². The maximum atomic E-state index is 2.43. The third-order valence-electron chi connectivity index (χ3n) is 3.68. The average molecular weight is 184 g/mol. The third-order valence-corrected chi connectivity index (χ3v) is 3.68. The van der Waals surface area contributed by atoms with E-state index in [2.05, 4.69) is 25.2 Å². The molecule has 0 heteroatoms. The Hall–Kier alpha value is -1.04. The summed E-state index contributed by atoms with van der Waals surface area (Å²) in [6.45, 7) is 2.26. The number of rotatable bonds is 1. The van der Waals surface area contributed by atoms with Crippen molar-refractivity contribution in [3.8, 4) is 0 Å². The van der Waals surface area contributed by atoms with Crippen LogP contribution in [0.2, 0.25) is 0 Å². The number of allylic oxidation sites excluding steroid dienone is 8. The molecule has 0 heterocycles. The second-order valence-electron chi connectivity index (χ2n) is 4.45. The van der Waals surface area contributed by atoms with E-state index in [1.165, 1.54) is 37.7 Å². The van der Waals surface area contributed by atoms with Crippen LogP contribution in [-0.4, -0.2) is 0 Å². The van der Waals surface area contributed by atoms with Crippen LogP contribution in [0.1, 0.15) is 39.0 Å². The first-order valence-electron chi connectivity index (χ1n) is 5.71. The van der Waals surface area contributed by atoms with E-state index in [1.807, 2.05) is 0 Å². The molecule has 0 nitrogen and oxygen atoms in total. The van der Waals surface area contributed by atoms with Gasteiger partial charge in [-0.3, -0.25) is 0 Å². The van der Waals surface area contributed by atoms with Crippen LogP contribution >= 0.6 is 0 Å². The van der Waals surface area contributed by atoms with Crippen LogP contribution in [0.3, 0.4) is 0 Å². The Bertz CT molecular complexity index is 400. The van der Waals surface area contributed by atoms with Crippen molar-refractivity contribution < 1.29 is 0 Å². The predicted octanol–water partition coefficient (Wildman–Crippen LogP) is 4.07. The van der Waals surface area contributed by atoms with E-state index in [9.17, 15) is 0 Å². The minimum absolute atomic E-state index is 1.19. The minimum Gasteiger partial charge on any atom is -0.0626 e. The van der Waals surface area contributed by atoms with Gasteiger partial charge in [0.1, 0.15) is 0 Å². The zero-order valence-corrected chi connectivity index (χ0v) is 8.77. The predicted molar refractivity (Wildman–Crippen MR) is 60.0 cm³/mol. The van der Waals surface area contributed by atoms with Gasteiger partial charge in [-0.2, -0.15) is 0 Å². The lowest BCUT2D eigenvalue weighted by atomic mass is 9.89. The van der Waals surface area contributed by atoms with Gasteiger partial charge in [-0.05, 0) is 54.4 Å². The average Bonchev–Trinajstić information content (AvgIpc) is 2.78. The van der Waals surface area contributed by atoms with E-state index in [0.29, 0.717) is 0 Å². The Morgan fingerprint density at radius 2 is 2.14 bits per heavy atom. The first-order chi connectivity index (χ1) is 6.88. The molecule has 0 aromatic rings. The molecule has 3 rings (SSSR count). The van der Waals surface area contributed by atoms with Gasteiger partial charge >= 0.3 is 0 Å². The molecule has 14 heavy (non-hydrogen) atoms. The van der Waals surface area contributed by atoms with Crippen molar-refractivity contribution in [3.63, 3.8) is 0 Å². The molecule has 0 atom stereocenters. The van der Waals surface area contributed by atoms with Crippen LogP contribution in [0.25, 0.3) is 0 Å². The van der Waals surface area contributed by atoms with Gasteiger partial charge in [0.05, 0.1) is 0 Å². The number of fused-ring (bicyclic) bond motifs is 1. The van der Waals surface area contributed by atoms with Gasteiger partial charge in [0.2, 0.25) is 0 Å². The van der Waals surface area contributed by atoms with E-state index in [1.54, 1.807) is 22.3 Å². The molecule has 0 N–H and O–H groups in total. The Balaban J connectivity index is 2.05. The normalized spacial score (nSPS) is 24.2. The molecule has 0 saturated heterocycles. The quantitative estimate of drug-likeness (QED) is 0.576. The summed E-state index contributed by atoms with van der Waals surface area (Å²) in [5.41, 5.74) is 8.05. The summed E-state index contributed by atoms with van der Waals surface area (Å²) in [5.74, 6) is 0. The van der Waals surface area contributed by atoms with E-state index >= 15 is 0 Å². The van der Waals surface area contributed by atoms with Crippen molar-refractivity contribution in [3.05, 3.63) is 46.1 Å². The van der Waals surface area contributed by atoms with Gasteiger partial charge in [0.25, 0.3) is 0 Å². The fraction of sp³-hybridized carbons (Fsp3) is 0.429. The highest BCUT2D eigenvalue weighted by atomic mass is 14.3. The first kappa shape index (κ1) is 8.28. The molecular weight excluding hydrogens is 168 g/mol. The largest absolute Gasteiger partial charge is 0.0626 e. The summed E-state index contributed by atoms with van der Waals surface area (Å²) in [4.78, 5) is 0. The van der Waals surface area contributed by atoms with Crippen molar-refractivity contribution in [2.45, 2.75) is 39.0 Å². The standard InChI is InChI=1S/C14H16/c1-2-10-6-7-13-8-11-4-3-5-12(11)9-14(10)13/h6-8H,2-5,9H2,1H3. The lowest BCUT2D eigenvalue weighted by Gasteiger charge is -2.16. The smallest absolute Gasteiger partial charge is 0.00526 e. The third kappa shape index (κ3) is 1.06. The number of hydrogen-bond acceptors (Lipinski definition) is 0. The van der Waals surface area contributed by atoms with Gasteiger partial charge in [-0.25, -0.2) is 0 Å². The summed E-state index contributed by atoms with van der Waals surface area (Å²) in [5, 5.41) is 0. The maximum Gasteiger partial charge on any atom is -0.00526 e. The van der Waals surface area contributed by atoms with Gasteiger partial charge < -0.3 is 0 Å². The van der Waals surface area contributed by atoms with Crippen LogP contribution in [0.5, 0.6) is 0 Å². The molecule has 0 radical (unpaired) electrons. The molecule has 3 aliphatic rings. The number of hydrogen-bond donors (Lipinski definition) is 0. The molecule has 0 saturated carbocycles. The van der Waals surface area contributed by atoms with Crippen molar-refractivity contribution >= 4 is 0 Å². The van der Waals surface area contributed by atoms with Crippen LogP contribution < -0.4 is 0 Å². The van der Waals surface area contributed by atoms with Crippen LogP contribution in [0.4, 0.5) is 0 Å². The molecule has 0 fully saturated rings. The zero-order chi connectivity index (χ0) is 9.54. The zero-order valence-electron chi connectivity index (χ0n) is 8.77. The first-order valence-corrected chi connectivity index (χ1v) is 5.71. The summed E-state index contributed by atoms with van der Waals surface area (Å²) in [6, 6.07) is 0. The highest BCUT2D eigenvalue weighted by molar-refractivity contribution is 5.60. The SMILES string of the molecule is CCC1=C2CC3=C(C=C2C=C1)CCC3. The van der Waals surface area contributed by atoms with Gasteiger partial charge in [0.15, 0.2) is 0 Å². The van der Waals surface area contributed by atoms with Crippen molar-refractivity contribution in [1.29, 1.82) is 0 Å². The monoisotopic (exact) mass is 184 g/mol. The minimum atomic E-state index is 1.19. The highest BCUT2D eigenvalue weighted by Gasteiger charge is 2.23. The Morgan fingerprint density at radius 1 is 1.21 bits per heavy atom. The Kier molecular flexibility index (Phi) is 1.76. The second kappa shape index (κ2) is 2.98. The van der Waals surface area contributed by atoms with E-state index in [0.717, 1.165) is 0 Å². The molecular formula is C14H16. The fourth-order valence-corrected chi connectivity index (χ4v) is 2.87. The summed E-state index contributed by atoms with van der Waals surface area (Å²) in [7, 11) is 0. The highest BCUT2D eigenvalue weighted by Crippen LogP contribution is 2.42. The molecule has 0 amide bonds.